The summed E-state index contributed by atoms with van der Waals surface area (Å²) in [6.45, 7) is 4.96. The Morgan fingerprint density at radius 1 is 1.04 bits per heavy atom. The molecular weight excluding hydrogens is 352 g/mol. The van der Waals surface area contributed by atoms with Crippen LogP contribution in [0.5, 0.6) is 5.75 Å². The molecule has 0 aromatic heterocycles. The van der Waals surface area contributed by atoms with Crippen molar-refractivity contribution in [1.82, 2.24) is 10.0 Å². The minimum Gasteiger partial charge on any atom is -0.492 e. The van der Waals surface area contributed by atoms with Gasteiger partial charge in [0.15, 0.2) is 0 Å². The Hall–Kier alpha value is -2.38. The number of carbonyl (C=O) groups excluding carboxylic acids is 1. The minimum absolute atomic E-state index is 0.115. The summed E-state index contributed by atoms with van der Waals surface area (Å²) in [5, 5.41) is 2.74. The van der Waals surface area contributed by atoms with Gasteiger partial charge in [0.1, 0.15) is 12.4 Å². The van der Waals surface area contributed by atoms with Crippen molar-refractivity contribution in [2.45, 2.75) is 24.7 Å². The summed E-state index contributed by atoms with van der Waals surface area (Å²) in [5.74, 6) is 0.945. The molecule has 7 heteroatoms. The van der Waals surface area contributed by atoms with Crippen LogP contribution in [0.25, 0.3) is 0 Å². The normalized spacial score (nSPS) is 11.4. The molecule has 0 unspecified atom stereocenters. The first-order valence-corrected chi connectivity index (χ1v) is 9.86. The van der Waals surface area contributed by atoms with Crippen molar-refractivity contribution in [2.24, 2.45) is 0 Å². The van der Waals surface area contributed by atoms with E-state index < -0.39 is 10.0 Å². The molecule has 0 heterocycles. The maximum Gasteiger partial charge on any atom is 0.251 e. The Balaban J connectivity index is 1.81. The van der Waals surface area contributed by atoms with Gasteiger partial charge in [-0.3, -0.25) is 4.79 Å². The molecule has 0 radical (unpaired) electrons. The second-order valence-corrected chi connectivity index (χ2v) is 7.95. The zero-order valence-corrected chi connectivity index (χ0v) is 16.0. The van der Waals surface area contributed by atoms with Gasteiger partial charge in [0.2, 0.25) is 10.0 Å². The van der Waals surface area contributed by atoms with Crippen molar-refractivity contribution in [1.29, 1.82) is 0 Å². The zero-order chi connectivity index (χ0) is 19.2. The summed E-state index contributed by atoms with van der Waals surface area (Å²) in [4.78, 5) is 12.2. The lowest BCUT2D eigenvalue weighted by molar-refractivity contribution is 0.0947. The van der Waals surface area contributed by atoms with Crippen molar-refractivity contribution in [3.8, 4) is 5.75 Å². The molecule has 0 saturated carbocycles. The summed E-state index contributed by atoms with van der Waals surface area (Å²) in [6, 6.07) is 13.6. The molecule has 0 aliphatic rings. The van der Waals surface area contributed by atoms with E-state index in [1.165, 1.54) is 36.9 Å². The van der Waals surface area contributed by atoms with Crippen LogP contribution in [0.3, 0.4) is 0 Å². The van der Waals surface area contributed by atoms with Crippen molar-refractivity contribution < 1.29 is 17.9 Å². The van der Waals surface area contributed by atoms with Crippen LogP contribution in [-0.4, -0.2) is 34.5 Å². The number of ether oxygens (including phenoxy) is 1. The fourth-order valence-electron chi connectivity index (χ4n) is 2.29. The van der Waals surface area contributed by atoms with Gasteiger partial charge in [-0.2, -0.15) is 0 Å². The molecule has 6 nitrogen and oxygen atoms in total. The van der Waals surface area contributed by atoms with E-state index in [0.717, 1.165) is 5.75 Å². The SMILES string of the molecule is CNS(=O)(=O)c1ccc(C(=O)NCCOc2ccc(C(C)C)cc2)cc1. The monoisotopic (exact) mass is 376 g/mol. The molecule has 0 aliphatic heterocycles. The van der Waals surface area contributed by atoms with Gasteiger partial charge in [-0.05, 0) is 54.9 Å². The molecule has 2 aromatic carbocycles. The van der Waals surface area contributed by atoms with Gasteiger partial charge in [0.25, 0.3) is 5.91 Å². The number of benzene rings is 2. The summed E-state index contributed by atoms with van der Waals surface area (Å²) in [6.07, 6.45) is 0. The van der Waals surface area contributed by atoms with Crippen LogP contribution in [0.15, 0.2) is 53.4 Å². The van der Waals surface area contributed by atoms with Gasteiger partial charge in [-0.1, -0.05) is 26.0 Å². The summed E-state index contributed by atoms with van der Waals surface area (Å²) < 4.78 is 31.1. The first-order valence-electron chi connectivity index (χ1n) is 8.38. The predicted molar refractivity (Wildman–Crippen MR) is 101 cm³/mol. The lowest BCUT2D eigenvalue weighted by Crippen LogP contribution is -2.28. The maximum atomic E-state index is 12.1. The molecule has 0 spiro atoms. The molecule has 0 atom stereocenters. The van der Waals surface area contributed by atoms with E-state index in [1.54, 1.807) is 0 Å². The topological polar surface area (TPSA) is 84.5 Å². The minimum atomic E-state index is -3.50. The van der Waals surface area contributed by atoms with Crippen molar-refractivity contribution >= 4 is 15.9 Å². The van der Waals surface area contributed by atoms with Gasteiger partial charge < -0.3 is 10.1 Å². The van der Waals surface area contributed by atoms with E-state index in [0.29, 0.717) is 24.6 Å². The first kappa shape index (κ1) is 19.9. The fourth-order valence-corrected chi connectivity index (χ4v) is 3.02. The van der Waals surface area contributed by atoms with Crippen LogP contribution in [0.2, 0.25) is 0 Å². The smallest absolute Gasteiger partial charge is 0.251 e. The van der Waals surface area contributed by atoms with E-state index in [4.69, 9.17) is 4.74 Å². The molecule has 140 valence electrons. The second-order valence-electron chi connectivity index (χ2n) is 6.06. The molecule has 2 aromatic rings. The number of sulfonamides is 1. The molecular formula is C19H24N2O4S. The van der Waals surface area contributed by atoms with Crippen LogP contribution in [-0.2, 0) is 10.0 Å². The Morgan fingerprint density at radius 3 is 2.19 bits per heavy atom. The zero-order valence-electron chi connectivity index (χ0n) is 15.2. The number of carbonyl (C=O) groups is 1. The summed E-state index contributed by atoms with van der Waals surface area (Å²) >= 11 is 0. The Bertz CT molecular complexity index is 829. The van der Waals surface area contributed by atoms with E-state index in [9.17, 15) is 13.2 Å². The van der Waals surface area contributed by atoms with Gasteiger partial charge in [-0.25, -0.2) is 13.1 Å². The first-order chi connectivity index (χ1) is 12.3. The van der Waals surface area contributed by atoms with Gasteiger partial charge in [0, 0.05) is 5.56 Å². The molecule has 2 N–H and O–H groups in total. The Labute approximate surface area is 154 Å². The highest BCUT2D eigenvalue weighted by Gasteiger charge is 2.12. The third-order valence-electron chi connectivity index (χ3n) is 3.90. The van der Waals surface area contributed by atoms with Gasteiger partial charge >= 0.3 is 0 Å². The van der Waals surface area contributed by atoms with Crippen LogP contribution in [0, 0.1) is 0 Å². The maximum absolute atomic E-state index is 12.1. The highest BCUT2D eigenvalue weighted by molar-refractivity contribution is 7.89. The lowest BCUT2D eigenvalue weighted by Gasteiger charge is -2.10. The fraction of sp³-hybridized carbons (Fsp3) is 0.316. The predicted octanol–water partition coefficient (Wildman–Crippen LogP) is 2.53. The number of hydrogen-bond acceptors (Lipinski definition) is 4. The molecule has 1 amide bonds. The number of amides is 1. The van der Waals surface area contributed by atoms with E-state index in [2.05, 4.69) is 23.9 Å². The largest absolute Gasteiger partial charge is 0.492 e. The molecule has 0 fully saturated rings. The van der Waals surface area contributed by atoms with Crippen molar-refractivity contribution in [2.75, 3.05) is 20.2 Å². The second kappa shape index (κ2) is 8.82. The van der Waals surface area contributed by atoms with Gasteiger partial charge in [0.05, 0.1) is 11.4 Å². The molecule has 0 bridgehead atoms. The molecule has 0 saturated heterocycles. The standard InChI is InChI=1S/C19H24N2O4S/c1-14(2)15-4-8-17(9-5-15)25-13-12-21-19(22)16-6-10-18(11-7-16)26(23,24)20-3/h4-11,14,20H,12-13H2,1-3H3,(H,21,22). The third kappa shape index (κ3) is 5.31. The third-order valence-corrected chi connectivity index (χ3v) is 5.33. The van der Waals surface area contributed by atoms with Crippen molar-refractivity contribution in [3.05, 3.63) is 59.7 Å². The van der Waals surface area contributed by atoms with Crippen LogP contribution >= 0.6 is 0 Å². The lowest BCUT2D eigenvalue weighted by atomic mass is 10.0. The number of hydrogen-bond donors (Lipinski definition) is 2. The molecule has 26 heavy (non-hydrogen) atoms. The summed E-state index contributed by atoms with van der Waals surface area (Å²) in [7, 11) is -2.16. The van der Waals surface area contributed by atoms with Crippen LogP contribution < -0.4 is 14.8 Å². The average Bonchev–Trinajstić information content (AvgIpc) is 2.65. The highest BCUT2D eigenvalue weighted by atomic mass is 32.2. The van der Waals surface area contributed by atoms with E-state index in [-0.39, 0.29) is 10.8 Å². The highest BCUT2D eigenvalue weighted by Crippen LogP contribution is 2.18. The van der Waals surface area contributed by atoms with Crippen molar-refractivity contribution in [3.63, 3.8) is 0 Å². The molecule has 2 rings (SSSR count). The van der Waals surface area contributed by atoms with Crippen LogP contribution in [0.1, 0.15) is 35.7 Å². The van der Waals surface area contributed by atoms with Crippen LogP contribution in [0.4, 0.5) is 0 Å². The quantitative estimate of drug-likeness (QED) is 0.694. The Morgan fingerprint density at radius 2 is 1.65 bits per heavy atom. The van der Waals surface area contributed by atoms with E-state index in [1.807, 2.05) is 24.3 Å². The number of nitrogens with one attached hydrogen (secondary N) is 2. The van der Waals surface area contributed by atoms with E-state index >= 15 is 0 Å². The Kier molecular flexibility index (Phi) is 6.76. The number of rotatable bonds is 8. The van der Waals surface area contributed by atoms with Gasteiger partial charge in [-0.15, -0.1) is 0 Å². The molecule has 0 aliphatic carbocycles. The summed E-state index contributed by atoms with van der Waals surface area (Å²) in [5.41, 5.74) is 1.63. The average molecular weight is 376 g/mol.